The Morgan fingerprint density at radius 2 is 2.55 bits per heavy atom. The van der Waals surface area contributed by atoms with Gasteiger partial charge >= 0.3 is 0 Å². The number of amides is 1. The molecule has 0 bridgehead atoms. The quantitative estimate of drug-likeness (QED) is 0.620. The van der Waals surface area contributed by atoms with Crippen LogP contribution in [-0.4, -0.2) is 21.8 Å². The second-order valence-electron chi connectivity index (χ2n) is 2.37. The number of carbonyl (C=O) groups excluding carboxylic acids is 1. The summed E-state index contributed by atoms with van der Waals surface area (Å²) >= 11 is 1.27. The molecule has 4 nitrogen and oxygen atoms in total. The predicted molar refractivity (Wildman–Crippen MR) is 41.5 cm³/mol. The largest absolute Gasteiger partial charge is 0.287 e. The lowest BCUT2D eigenvalue weighted by molar-refractivity contribution is -0.117. The zero-order valence-electron chi connectivity index (χ0n) is 5.86. The normalized spacial score (nSPS) is 17.8. The SMILES string of the molecule is O=C1CCCN1c1ncns1. The molecule has 1 aliphatic heterocycles. The molecular formula is C6H7N3OS. The number of carbonyl (C=O) groups is 1. The Bertz CT molecular complexity index is 259. The minimum absolute atomic E-state index is 0.168. The summed E-state index contributed by atoms with van der Waals surface area (Å²) in [4.78, 5) is 16.8. The van der Waals surface area contributed by atoms with Crippen LogP contribution in [0.5, 0.6) is 0 Å². The van der Waals surface area contributed by atoms with Gasteiger partial charge in [0, 0.05) is 24.5 Å². The van der Waals surface area contributed by atoms with E-state index in [1.165, 1.54) is 17.9 Å². The molecule has 0 aliphatic carbocycles. The molecule has 0 spiro atoms. The maximum absolute atomic E-state index is 11.1. The van der Waals surface area contributed by atoms with Crippen LogP contribution < -0.4 is 4.90 Å². The van der Waals surface area contributed by atoms with Crippen LogP contribution in [0.4, 0.5) is 5.13 Å². The van der Waals surface area contributed by atoms with E-state index in [2.05, 4.69) is 9.36 Å². The third kappa shape index (κ3) is 1.11. The Balaban J connectivity index is 2.23. The molecule has 1 aliphatic rings. The number of hydrogen-bond donors (Lipinski definition) is 0. The van der Waals surface area contributed by atoms with E-state index >= 15 is 0 Å². The van der Waals surface area contributed by atoms with Gasteiger partial charge in [-0.25, -0.2) is 4.98 Å². The van der Waals surface area contributed by atoms with Crippen molar-refractivity contribution in [3.63, 3.8) is 0 Å². The number of hydrogen-bond acceptors (Lipinski definition) is 4. The molecule has 0 N–H and O–H groups in total. The zero-order valence-corrected chi connectivity index (χ0v) is 6.67. The van der Waals surface area contributed by atoms with Crippen molar-refractivity contribution in [2.45, 2.75) is 12.8 Å². The van der Waals surface area contributed by atoms with Crippen LogP contribution in [0.3, 0.4) is 0 Å². The number of aromatic nitrogens is 2. The van der Waals surface area contributed by atoms with Crippen molar-refractivity contribution < 1.29 is 4.79 Å². The highest BCUT2D eigenvalue weighted by Gasteiger charge is 2.23. The van der Waals surface area contributed by atoms with Gasteiger partial charge in [-0.05, 0) is 6.42 Å². The van der Waals surface area contributed by atoms with Crippen molar-refractivity contribution in [3.8, 4) is 0 Å². The lowest BCUT2D eigenvalue weighted by Crippen LogP contribution is -2.23. The topological polar surface area (TPSA) is 46.1 Å². The Morgan fingerprint density at radius 3 is 3.09 bits per heavy atom. The summed E-state index contributed by atoms with van der Waals surface area (Å²) in [6.07, 6.45) is 3.07. The molecule has 2 rings (SSSR count). The molecule has 1 fully saturated rings. The van der Waals surface area contributed by atoms with Gasteiger partial charge in [0.1, 0.15) is 6.33 Å². The first-order chi connectivity index (χ1) is 5.38. The van der Waals surface area contributed by atoms with Crippen molar-refractivity contribution in [2.24, 2.45) is 0 Å². The fourth-order valence-electron chi connectivity index (χ4n) is 1.14. The Hall–Kier alpha value is -0.970. The van der Waals surface area contributed by atoms with Crippen LogP contribution in [0.15, 0.2) is 6.33 Å². The molecule has 0 radical (unpaired) electrons. The van der Waals surface area contributed by atoms with Gasteiger partial charge in [-0.15, -0.1) is 0 Å². The van der Waals surface area contributed by atoms with Crippen LogP contribution in [0.1, 0.15) is 12.8 Å². The molecule has 0 unspecified atom stereocenters. The Labute approximate surface area is 68.0 Å². The first-order valence-electron chi connectivity index (χ1n) is 3.45. The van der Waals surface area contributed by atoms with Crippen molar-refractivity contribution in [2.75, 3.05) is 11.4 Å². The fraction of sp³-hybridized carbons (Fsp3) is 0.500. The average Bonchev–Trinajstić information content (AvgIpc) is 2.55. The van der Waals surface area contributed by atoms with Gasteiger partial charge in [0.05, 0.1) is 0 Å². The van der Waals surface area contributed by atoms with Gasteiger partial charge in [0.2, 0.25) is 11.0 Å². The van der Waals surface area contributed by atoms with Crippen LogP contribution in [0.25, 0.3) is 0 Å². The van der Waals surface area contributed by atoms with E-state index in [0.29, 0.717) is 6.42 Å². The first kappa shape index (κ1) is 6.72. The molecule has 2 heterocycles. The van der Waals surface area contributed by atoms with Crippen molar-refractivity contribution in [1.82, 2.24) is 9.36 Å². The maximum atomic E-state index is 11.1. The summed E-state index contributed by atoms with van der Waals surface area (Å²) in [7, 11) is 0. The van der Waals surface area contributed by atoms with Crippen molar-refractivity contribution in [3.05, 3.63) is 6.33 Å². The average molecular weight is 169 g/mol. The third-order valence-electron chi connectivity index (χ3n) is 1.65. The zero-order chi connectivity index (χ0) is 7.68. The second kappa shape index (κ2) is 2.58. The smallest absolute Gasteiger partial charge is 0.228 e. The van der Waals surface area contributed by atoms with Gasteiger partial charge in [0.15, 0.2) is 0 Å². The predicted octanol–water partition coefficient (Wildman–Crippen LogP) is 0.665. The van der Waals surface area contributed by atoms with E-state index in [9.17, 15) is 4.79 Å². The summed E-state index contributed by atoms with van der Waals surface area (Å²) in [5, 5.41) is 0.729. The highest BCUT2D eigenvalue weighted by atomic mass is 32.1. The first-order valence-corrected chi connectivity index (χ1v) is 4.22. The number of rotatable bonds is 1. The van der Waals surface area contributed by atoms with E-state index in [4.69, 9.17) is 0 Å². The van der Waals surface area contributed by atoms with Crippen LogP contribution >= 0.6 is 11.5 Å². The third-order valence-corrected chi connectivity index (χ3v) is 2.34. The minimum Gasteiger partial charge on any atom is -0.287 e. The summed E-state index contributed by atoms with van der Waals surface area (Å²) in [5.41, 5.74) is 0. The van der Waals surface area contributed by atoms with Gasteiger partial charge < -0.3 is 0 Å². The summed E-state index contributed by atoms with van der Waals surface area (Å²) in [6, 6.07) is 0. The number of nitrogens with zero attached hydrogens (tertiary/aromatic N) is 3. The van der Waals surface area contributed by atoms with E-state index in [-0.39, 0.29) is 5.91 Å². The number of anilines is 1. The molecule has 58 valence electrons. The molecule has 1 aromatic heterocycles. The molecule has 1 saturated heterocycles. The summed E-state index contributed by atoms with van der Waals surface area (Å²) in [6.45, 7) is 0.800. The Morgan fingerprint density at radius 1 is 1.64 bits per heavy atom. The summed E-state index contributed by atoms with van der Waals surface area (Å²) < 4.78 is 3.84. The van der Waals surface area contributed by atoms with E-state index in [0.717, 1.165) is 18.1 Å². The molecular weight excluding hydrogens is 162 g/mol. The molecule has 1 aromatic rings. The van der Waals surface area contributed by atoms with Crippen LogP contribution in [0.2, 0.25) is 0 Å². The monoisotopic (exact) mass is 169 g/mol. The van der Waals surface area contributed by atoms with Gasteiger partial charge in [-0.3, -0.25) is 9.69 Å². The molecule has 0 atom stereocenters. The van der Waals surface area contributed by atoms with Gasteiger partial charge in [-0.1, -0.05) is 0 Å². The van der Waals surface area contributed by atoms with E-state index in [1.807, 2.05) is 0 Å². The highest BCUT2D eigenvalue weighted by Crippen LogP contribution is 2.20. The molecule has 5 heteroatoms. The standard InChI is InChI=1S/C6H7N3OS/c10-5-2-1-3-9(5)6-7-4-8-11-6/h4H,1-3H2. The van der Waals surface area contributed by atoms with E-state index in [1.54, 1.807) is 4.90 Å². The second-order valence-corrected chi connectivity index (χ2v) is 3.13. The molecule has 0 saturated carbocycles. The van der Waals surface area contributed by atoms with Gasteiger partial charge in [-0.2, -0.15) is 4.37 Å². The molecule has 0 aromatic carbocycles. The van der Waals surface area contributed by atoms with Crippen molar-refractivity contribution in [1.29, 1.82) is 0 Å². The minimum atomic E-state index is 0.168. The molecule has 1 amide bonds. The van der Waals surface area contributed by atoms with Crippen molar-refractivity contribution >= 4 is 22.6 Å². The van der Waals surface area contributed by atoms with E-state index < -0.39 is 0 Å². The summed E-state index contributed by atoms with van der Waals surface area (Å²) in [5.74, 6) is 0.168. The molecule has 11 heavy (non-hydrogen) atoms. The Kier molecular flexibility index (Phi) is 1.58. The highest BCUT2D eigenvalue weighted by molar-refractivity contribution is 7.09. The van der Waals surface area contributed by atoms with Gasteiger partial charge in [0.25, 0.3) is 0 Å². The van der Waals surface area contributed by atoms with Crippen LogP contribution in [0, 0.1) is 0 Å². The lowest BCUT2D eigenvalue weighted by Gasteiger charge is -2.08. The van der Waals surface area contributed by atoms with Crippen LogP contribution in [-0.2, 0) is 4.79 Å². The fourth-order valence-corrected chi connectivity index (χ4v) is 1.71. The lowest BCUT2D eigenvalue weighted by atomic mass is 10.4. The maximum Gasteiger partial charge on any atom is 0.228 e.